The Balaban J connectivity index is 2.53. The highest BCUT2D eigenvalue weighted by Gasteiger charge is 2.53. The quantitative estimate of drug-likeness (QED) is 0.202. The molecule has 152 valence electrons. The summed E-state index contributed by atoms with van der Waals surface area (Å²) in [5, 5.41) is 45.3. The van der Waals surface area contributed by atoms with Gasteiger partial charge in [-0.3, -0.25) is 9.59 Å². The third kappa shape index (κ3) is 6.45. The maximum Gasteiger partial charge on any atom is 0.233 e. The predicted octanol–water partition coefficient (Wildman–Crippen LogP) is -2.68. The van der Waals surface area contributed by atoms with Crippen molar-refractivity contribution in [3.8, 4) is 0 Å². The molecule has 2 amide bonds. The topological polar surface area (TPSA) is 174 Å². The van der Waals surface area contributed by atoms with Gasteiger partial charge in [0, 0.05) is 19.9 Å². The highest BCUT2D eigenvalue weighted by Crippen LogP contribution is 2.32. The summed E-state index contributed by atoms with van der Waals surface area (Å²) in [4.78, 5) is 22.4. The molecule has 1 aliphatic rings. The van der Waals surface area contributed by atoms with Crippen LogP contribution in [0.5, 0.6) is 0 Å². The molecule has 0 saturated carbocycles. The van der Waals surface area contributed by atoms with Gasteiger partial charge in [0.2, 0.25) is 11.8 Å². The van der Waals surface area contributed by atoms with Crippen LogP contribution in [0.2, 0.25) is 0 Å². The van der Waals surface area contributed by atoms with Crippen molar-refractivity contribution in [2.75, 3.05) is 19.7 Å². The van der Waals surface area contributed by atoms with Crippen molar-refractivity contribution < 1.29 is 34.8 Å². The summed E-state index contributed by atoms with van der Waals surface area (Å²) in [7, 11) is 0. The summed E-state index contributed by atoms with van der Waals surface area (Å²) in [6.45, 7) is 1.12. The number of nitrogens with two attached hydrogens (primary N) is 1. The SMILES string of the molecule is CC(=O)N[C@@H]1[C@@H](O)[C@@H](O)[C@@H](CO)OC1(O)CCCCCCNC(=O)CN. The minimum Gasteiger partial charge on any atom is -0.394 e. The first-order valence-electron chi connectivity index (χ1n) is 8.86. The fourth-order valence-corrected chi connectivity index (χ4v) is 3.02. The van der Waals surface area contributed by atoms with Crippen LogP contribution in [0.25, 0.3) is 0 Å². The Morgan fingerprint density at radius 3 is 2.38 bits per heavy atom. The molecule has 10 nitrogen and oxygen atoms in total. The van der Waals surface area contributed by atoms with E-state index in [0.29, 0.717) is 13.0 Å². The Morgan fingerprint density at radius 1 is 1.15 bits per heavy atom. The van der Waals surface area contributed by atoms with Gasteiger partial charge in [-0.1, -0.05) is 12.8 Å². The number of hydrogen-bond acceptors (Lipinski definition) is 8. The Labute approximate surface area is 152 Å². The van der Waals surface area contributed by atoms with Gasteiger partial charge in [-0.15, -0.1) is 0 Å². The number of carbonyl (C=O) groups excluding carboxylic acids is 2. The van der Waals surface area contributed by atoms with E-state index in [1.165, 1.54) is 6.92 Å². The standard InChI is InChI=1S/C16H31N3O7/c1-10(21)19-15-14(24)13(23)11(9-20)26-16(15,25)6-4-2-3-5-7-18-12(22)8-17/h11,13-15,20,23-25H,2-9,17H2,1H3,(H,18,22)(H,19,21)/t11-,13+,14+,15-,16?/m1/s1. The van der Waals surface area contributed by atoms with Crippen molar-refractivity contribution >= 4 is 11.8 Å². The highest BCUT2D eigenvalue weighted by atomic mass is 16.6. The molecule has 1 heterocycles. The molecule has 1 unspecified atom stereocenters. The summed E-state index contributed by atoms with van der Waals surface area (Å²) in [5.74, 6) is -2.59. The van der Waals surface area contributed by atoms with Crippen molar-refractivity contribution in [2.45, 2.75) is 69.2 Å². The molecule has 1 fully saturated rings. The van der Waals surface area contributed by atoms with Crippen LogP contribution in [0.3, 0.4) is 0 Å². The first-order valence-corrected chi connectivity index (χ1v) is 8.86. The molecule has 0 bridgehead atoms. The van der Waals surface area contributed by atoms with E-state index in [4.69, 9.17) is 10.5 Å². The maximum absolute atomic E-state index is 11.4. The predicted molar refractivity (Wildman–Crippen MR) is 91.7 cm³/mol. The van der Waals surface area contributed by atoms with Crippen molar-refractivity contribution in [3.05, 3.63) is 0 Å². The normalized spacial score (nSPS) is 31.5. The minimum atomic E-state index is -1.90. The van der Waals surface area contributed by atoms with E-state index in [-0.39, 0.29) is 18.9 Å². The van der Waals surface area contributed by atoms with Gasteiger partial charge in [0.25, 0.3) is 0 Å². The third-order valence-corrected chi connectivity index (χ3v) is 4.42. The van der Waals surface area contributed by atoms with Crippen LogP contribution in [0.4, 0.5) is 0 Å². The Hall–Kier alpha value is -1.30. The second-order valence-electron chi connectivity index (χ2n) is 6.56. The molecule has 1 rings (SSSR count). The summed E-state index contributed by atoms with van der Waals surface area (Å²) >= 11 is 0. The summed E-state index contributed by atoms with van der Waals surface area (Å²) < 4.78 is 5.40. The minimum absolute atomic E-state index is 0.0465. The van der Waals surface area contributed by atoms with Gasteiger partial charge < -0.3 is 41.5 Å². The number of aliphatic hydroxyl groups is 4. The van der Waals surface area contributed by atoms with Gasteiger partial charge in [-0.05, 0) is 12.8 Å². The van der Waals surface area contributed by atoms with Crippen LogP contribution in [0, 0.1) is 0 Å². The first-order chi connectivity index (χ1) is 12.2. The average molecular weight is 377 g/mol. The fourth-order valence-electron chi connectivity index (χ4n) is 3.02. The molecular formula is C16H31N3O7. The molecule has 1 aliphatic heterocycles. The first kappa shape index (κ1) is 22.7. The number of hydrogen-bond donors (Lipinski definition) is 7. The third-order valence-electron chi connectivity index (χ3n) is 4.42. The molecular weight excluding hydrogens is 346 g/mol. The molecule has 26 heavy (non-hydrogen) atoms. The smallest absolute Gasteiger partial charge is 0.233 e. The molecule has 0 spiro atoms. The molecule has 0 aromatic rings. The maximum atomic E-state index is 11.4. The van der Waals surface area contributed by atoms with Gasteiger partial charge in [-0.25, -0.2) is 0 Å². The molecule has 1 saturated heterocycles. The van der Waals surface area contributed by atoms with Crippen molar-refractivity contribution in [1.82, 2.24) is 10.6 Å². The van der Waals surface area contributed by atoms with E-state index < -0.39 is 42.7 Å². The van der Waals surface area contributed by atoms with Gasteiger partial charge in [0.05, 0.1) is 13.2 Å². The average Bonchev–Trinajstić information content (AvgIpc) is 2.60. The second-order valence-corrected chi connectivity index (χ2v) is 6.56. The van der Waals surface area contributed by atoms with Gasteiger partial charge in [0.15, 0.2) is 5.79 Å². The number of unbranched alkanes of at least 4 members (excludes halogenated alkanes) is 3. The van der Waals surface area contributed by atoms with E-state index in [2.05, 4.69) is 10.6 Å². The van der Waals surface area contributed by atoms with Crippen LogP contribution in [0.15, 0.2) is 0 Å². The van der Waals surface area contributed by atoms with Crippen LogP contribution in [-0.4, -0.2) is 82.1 Å². The van der Waals surface area contributed by atoms with Crippen LogP contribution in [0.1, 0.15) is 39.0 Å². The summed E-state index contributed by atoms with van der Waals surface area (Å²) in [5.41, 5.74) is 5.18. The summed E-state index contributed by atoms with van der Waals surface area (Å²) in [6.07, 6.45) is -1.15. The summed E-state index contributed by atoms with van der Waals surface area (Å²) in [6, 6.07) is -1.21. The van der Waals surface area contributed by atoms with Gasteiger partial charge in [-0.2, -0.15) is 0 Å². The number of nitrogens with one attached hydrogen (secondary N) is 2. The lowest BCUT2D eigenvalue weighted by Crippen LogP contribution is -2.70. The van der Waals surface area contributed by atoms with E-state index in [1.807, 2.05) is 0 Å². The number of ether oxygens (including phenoxy) is 1. The van der Waals surface area contributed by atoms with Gasteiger partial charge >= 0.3 is 0 Å². The lowest BCUT2D eigenvalue weighted by Gasteiger charge is -2.47. The van der Waals surface area contributed by atoms with E-state index in [0.717, 1.165) is 19.3 Å². The van der Waals surface area contributed by atoms with E-state index in [9.17, 15) is 30.0 Å². The lowest BCUT2D eigenvalue weighted by molar-refractivity contribution is -0.321. The van der Waals surface area contributed by atoms with Crippen LogP contribution < -0.4 is 16.4 Å². The van der Waals surface area contributed by atoms with E-state index >= 15 is 0 Å². The van der Waals surface area contributed by atoms with E-state index in [1.54, 1.807) is 0 Å². The second kappa shape index (κ2) is 10.8. The number of aliphatic hydroxyl groups excluding tert-OH is 3. The fraction of sp³-hybridized carbons (Fsp3) is 0.875. The molecule has 10 heteroatoms. The molecule has 8 N–H and O–H groups in total. The zero-order valence-corrected chi connectivity index (χ0v) is 15.1. The molecule has 5 atom stereocenters. The van der Waals surface area contributed by atoms with Crippen molar-refractivity contribution in [2.24, 2.45) is 5.73 Å². The zero-order valence-electron chi connectivity index (χ0n) is 15.1. The van der Waals surface area contributed by atoms with Crippen LogP contribution >= 0.6 is 0 Å². The number of rotatable bonds is 10. The highest BCUT2D eigenvalue weighted by molar-refractivity contribution is 5.77. The largest absolute Gasteiger partial charge is 0.394 e. The molecule has 0 aromatic heterocycles. The zero-order chi connectivity index (χ0) is 19.7. The lowest BCUT2D eigenvalue weighted by atomic mass is 9.87. The molecule has 0 radical (unpaired) electrons. The van der Waals surface area contributed by atoms with Crippen molar-refractivity contribution in [1.29, 1.82) is 0 Å². The van der Waals surface area contributed by atoms with Gasteiger partial charge in [0.1, 0.15) is 24.4 Å². The number of carbonyl (C=O) groups is 2. The Kier molecular flexibility index (Phi) is 9.41. The monoisotopic (exact) mass is 377 g/mol. The Morgan fingerprint density at radius 2 is 1.81 bits per heavy atom. The number of amides is 2. The molecule has 0 aliphatic carbocycles. The molecule has 0 aromatic carbocycles. The Bertz CT molecular complexity index is 465. The van der Waals surface area contributed by atoms with Crippen LogP contribution in [-0.2, 0) is 14.3 Å². The van der Waals surface area contributed by atoms with Crippen molar-refractivity contribution in [3.63, 3.8) is 0 Å².